The zero-order chi connectivity index (χ0) is 14.7. The molecule has 0 aliphatic rings. The van der Waals surface area contributed by atoms with Crippen LogP contribution in [0.15, 0.2) is 29.6 Å². The Bertz CT molecular complexity index is 678. The molecule has 0 saturated carbocycles. The Kier molecular flexibility index (Phi) is 3.99. The number of carbonyl (C=O) groups is 3. The molecule has 0 aliphatic carbocycles. The van der Waals surface area contributed by atoms with Crippen molar-refractivity contribution in [2.45, 2.75) is 12.5 Å². The van der Waals surface area contributed by atoms with Gasteiger partial charge in [0.05, 0.1) is 12.0 Å². The van der Waals surface area contributed by atoms with Crippen molar-refractivity contribution in [1.82, 2.24) is 5.32 Å². The van der Waals surface area contributed by atoms with Gasteiger partial charge in [0.15, 0.2) is 0 Å². The van der Waals surface area contributed by atoms with Crippen LogP contribution in [0.25, 0.3) is 10.1 Å². The van der Waals surface area contributed by atoms with E-state index in [0.29, 0.717) is 5.56 Å². The Labute approximate surface area is 117 Å². The van der Waals surface area contributed by atoms with Crippen molar-refractivity contribution in [3.8, 4) is 0 Å². The number of amides is 1. The number of nitrogens with one attached hydrogen (secondary N) is 1. The lowest BCUT2D eigenvalue weighted by Crippen LogP contribution is -2.42. The first kappa shape index (κ1) is 14.0. The smallest absolute Gasteiger partial charge is 0.326 e. The molecule has 6 nitrogen and oxygen atoms in total. The molecule has 1 aromatic heterocycles. The number of rotatable bonds is 5. The van der Waals surface area contributed by atoms with Gasteiger partial charge in [0, 0.05) is 15.5 Å². The largest absolute Gasteiger partial charge is 0.481 e. The summed E-state index contributed by atoms with van der Waals surface area (Å²) < 4.78 is 0.905. The molecule has 1 heterocycles. The lowest BCUT2D eigenvalue weighted by atomic mass is 10.1. The van der Waals surface area contributed by atoms with Crippen molar-refractivity contribution in [1.29, 1.82) is 0 Å². The fourth-order valence-corrected chi connectivity index (χ4v) is 2.71. The van der Waals surface area contributed by atoms with Crippen LogP contribution in [-0.2, 0) is 9.59 Å². The molecule has 0 unspecified atom stereocenters. The third kappa shape index (κ3) is 2.94. The van der Waals surface area contributed by atoms with Crippen LogP contribution in [0.4, 0.5) is 0 Å². The molecule has 3 N–H and O–H groups in total. The summed E-state index contributed by atoms with van der Waals surface area (Å²) in [6.07, 6.45) is -0.664. The number of carboxylic acids is 2. The monoisotopic (exact) mass is 293 g/mol. The molecule has 0 fully saturated rings. The minimum atomic E-state index is -1.45. The highest BCUT2D eigenvalue weighted by Gasteiger charge is 2.24. The number of hydrogen-bond acceptors (Lipinski definition) is 4. The standard InChI is InChI=1S/C13H11NO5S/c15-11(16)5-9(13(18)19)14-12(17)8-6-20-10-4-2-1-3-7(8)10/h1-4,6,9H,5H2,(H,14,17)(H,15,16)(H,18,19)/t9-/m1/s1. The van der Waals surface area contributed by atoms with Gasteiger partial charge in [-0.3, -0.25) is 9.59 Å². The lowest BCUT2D eigenvalue weighted by molar-refractivity contribution is -0.145. The second kappa shape index (κ2) is 5.70. The molecule has 2 rings (SSSR count). The lowest BCUT2D eigenvalue weighted by Gasteiger charge is -2.11. The molecule has 1 amide bonds. The SMILES string of the molecule is O=C(O)C[C@@H](NC(=O)c1csc2ccccc12)C(=O)O. The maximum atomic E-state index is 12.1. The summed E-state index contributed by atoms with van der Waals surface area (Å²) in [6.45, 7) is 0. The van der Waals surface area contributed by atoms with Gasteiger partial charge in [0.1, 0.15) is 6.04 Å². The third-order valence-corrected chi connectivity index (χ3v) is 3.67. The Morgan fingerprint density at radius 2 is 1.90 bits per heavy atom. The first-order valence-electron chi connectivity index (χ1n) is 5.70. The van der Waals surface area contributed by atoms with Crippen LogP contribution < -0.4 is 5.32 Å². The van der Waals surface area contributed by atoms with Crippen LogP contribution in [0.2, 0.25) is 0 Å². The summed E-state index contributed by atoms with van der Waals surface area (Å²) in [5, 5.41) is 22.1. The number of carboxylic acid groups (broad SMARTS) is 2. The van der Waals surface area contributed by atoms with E-state index in [1.165, 1.54) is 11.3 Å². The van der Waals surface area contributed by atoms with Crippen LogP contribution in [0.3, 0.4) is 0 Å². The average Bonchev–Trinajstić information content (AvgIpc) is 2.81. The number of aliphatic carboxylic acids is 2. The van der Waals surface area contributed by atoms with E-state index in [2.05, 4.69) is 5.32 Å². The molecule has 1 atom stereocenters. The number of fused-ring (bicyclic) bond motifs is 1. The van der Waals surface area contributed by atoms with E-state index >= 15 is 0 Å². The fourth-order valence-electron chi connectivity index (χ4n) is 1.76. The minimum Gasteiger partial charge on any atom is -0.481 e. The van der Waals surface area contributed by atoms with Gasteiger partial charge in [0.25, 0.3) is 5.91 Å². The molecule has 0 saturated heterocycles. The maximum Gasteiger partial charge on any atom is 0.326 e. The van der Waals surface area contributed by atoms with E-state index < -0.39 is 30.3 Å². The van der Waals surface area contributed by atoms with Crippen LogP contribution in [-0.4, -0.2) is 34.1 Å². The molecular weight excluding hydrogens is 282 g/mol. The molecule has 0 aliphatic heterocycles. The van der Waals surface area contributed by atoms with E-state index in [4.69, 9.17) is 10.2 Å². The van der Waals surface area contributed by atoms with E-state index in [1.54, 1.807) is 17.5 Å². The third-order valence-electron chi connectivity index (χ3n) is 2.71. The van der Waals surface area contributed by atoms with Crippen LogP contribution in [0.1, 0.15) is 16.8 Å². The molecule has 20 heavy (non-hydrogen) atoms. The second-order valence-corrected chi connectivity index (χ2v) is 5.02. The highest BCUT2D eigenvalue weighted by atomic mass is 32.1. The van der Waals surface area contributed by atoms with Crippen molar-refractivity contribution in [2.75, 3.05) is 0 Å². The van der Waals surface area contributed by atoms with Gasteiger partial charge in [-0.25, -0.2) is 4.79 Å². The number of hydrogen-bond donors (Lipinski definition) is 3. The Balaban J connectivity index is 2.22. The van der Waals surface area contributed by atoms with Gasteiger partial charge in [-0.2, -0.15) is 0 Å². The van der Waals surface area contributed by atoms with Gasteiger partial charge in [-0.1, -0.05) is 18.2 Å². The fraction of sp³-hybridized carbons (Fsp3) is 0.154. The van der Waals surface area contributed by atoms with Crippen molar-refractivity contribution >= 4 is 39.3 Å². The van der Waals surface area contributed by atoms with Gasteiger partial charge >= 0.3 is 11.9 Å². The predicted molar refractivity (Wildman–Crippen MR) is 73.0 cm³/mol. The minimum absolute atomic E-state index is 0.349. The van der Waals surface area contributed by atoms with Crippen molar-refractivity contribution in [2.24, 2.45) is 0 Å². The van der Waals surface area contributed by atoms with Gasteiger partial charge in [-0.15, -0.1) is 11.3 Å². The highest BCUT2D eigenvalue weighted by Crippen LogP contribution is 2.25. The Morgan fingerprint density at radius 3 is 2.55 bits per heavy atom. The topological polar surface area (TPSA) is 104 Å². The zero-order valence-corrected chi connectivity index (χ0v) is 11.0. The normalized spacial score (nSPS) is 12.0. The molecular formula is C13H11NO5S. The summed E-state index contributed by atoms with van der Waals surface area (Å²) >= 11 is 1.37. The van der Waals surface area contributed by atoms with Crippen molar-refractivity contribution < 1.29 is 24.6 Å². The van der Waals surface area contributed by atoms with E-state index in [0.717, 1.165) is 10.1 Å². The summed E-state index contributed by atoms with van der Waals surface area (Å²) in [7, 11) is 0. The van der Waals surface area contributed by atoms with E-state index in [-0.39, 0.29) is 0 Å². The second-order valence-electron chi connectivity index (χ2n) is 4.11. The highest BCUT2D eigenvalue weighted by molar-refractivity contribution is 7.17. The van der Waals surface area contributed by atoms with Crippen molar-refractivity contribution in [3.05, 3.63) is 35.2 Å². The molecule has 0 bridgehead atoms. The number of benzene rings is 1. The first-order valence-corrected chi connectivity index (χ1v) is 6.58. The van der Waals surface area contributed by atoms with E-state index in [1.807, 2.05) is 12.1 Å². The van der Waals surface area contributed by atoms with Crippen molar-refractivity contribution in [3.63, 3.8) is 0 Å². The predicted octanol–water partition coefficient (Wildman–Crippen LogP) is 1.56. The Hall–Kier alpha value is -2.41. The van der Waals surface area contributed by atoms with Crippen LogP contribution in [0, 0.1) is 0 Å². The zero-order valence-electron chi connectivity index (χ0n) is 10.2. The molecule has 104 valence electrons. The molecule has 7 heteroatoms. The van der Waals surface area contributed by atoms with Gasteiger partial charge in [0.2, 0.25) is 0 Å². The number of thiophene rings is 1. The quantitative estimate of drug-likeness (QED) is 0.776. The molecule has 0 spiro atoms. The van der Waals surface area contributed by atoms with Gasteiger partial charge < -0.3 is 15.5 Å². The summed E-state index contributed by atoms with van der Waals surface area (Å²) in [5.74, 6) is -3.25. The first-order chi connectivity index (χ1) is 9.49. The van der Waals surface area contributed by atoms with Gasteiger partial charge in [-0.05, 0) is 6.07 Å². The number of carbonyl (C=O) groups excluding carboxylic acids is 1. The molecule has 0 radical (unpaired) electrons. The maximum absolute atomic E-state index is 12.1. The average molecular weight is 293 g/mol. The summed E-state index contributed by atoms with van der Waals surface area (Å²) in [4.78, 5) is 33.6. The molecule has 1 aromatic carbocycles. The van der Waals surface area contributed by atoms with E-state index in [9.17, 15) is 14.4 Å². The summed E-state index contributed by atoms with van der Waals surface area (Å²) in [6, 6.07) is 5.78. The van der Waals surface area contributed by atoms with Crippen LogP contribution in [0.5, 0.6) is 0 Å². The van der Waals surface area contributed by atoms with Crippen LogP contribution >= 0.6 is 11.3 Å². The molecule has 2 aromatic rings. The summed E-state index contributed by atoms with van der Waals surface area (Å²) in [5.41, 5.74) is 0.349. The Morgan fingerprint density at radius 1 is 1.20 bits per heavy atom.